The summed E-state index contributed by atoms with van der Waals surface area (Å²) in [5.74, 6) is -0.731. The van der Waals surface area contributed by atoms with E-state index in [1.165, 1.54) is 6.42 Å². The maximum absolute atomic E-state index is 11.6. The van der Waals surface area contributed by atoms with Crippen LogP contribution in [0.25, 0.3) is 0 Å². The van der Waals surface area contributed by atoms with Crippen LogP contribution in [0.3, 0.4) is 0 Å². The van der Waals surface area contributed by atoms with E-state index in [1.54, 1.807) is 6.92 Å². The Labute approximate surface area is 124 Å². The van der Waals surface area contributed by atoms with Crippen molar-refractivity contribution in [2.75, 3.05) is 6.61 Å². The minimum Gasteiger partial charge on any atom is -0.459 e. The summed E-state index contributed by atoms with van der Waals surface area (Å²) in [5.41, 5.74) is -0.349. The summed E-state index contributed by atoms with van der Waals surface area (Å²) in [7, 11) is 0. The van der Waals surface area contributed by atoms with Gasteiger partial charge in [-0.2, -0.15) is 0 Å². The Balaban J connectivity index is 2.01. The molecule has 2 aliphatic rings. The van der Waals surface area contributed by atoms with Crippen molar-refractivity contribution in [3.05, 3.63) is 24.8 Å². The van der Waals surface area contributed by atoms with Crippen molar-refractivity contribution < 1.29 is 23.8 Å². The highest BCUT2D eigenvalue weighted by Crippen LogP contribution is 2.49. The molecule has 0 amide bonds. The summed E-state index contributed by atoms with van der Waals surface area (Å²) in [6, 6.07) is 0. The van der Waals surface area contributed by atoms with Crippen LogP contribution in [-0.2, 0) is 23.8 Å². The number of hydrogen-bond donors (Lipinski definition) is 0. The molecule has 0 radical (unpaired) electrons. The second-order valence-corrected chi connectivity index (χ2v) is 5.74. The summed E-state index contributed by atoms with van der Waals surface area (Å²) in [4.78, 5) is 22.9. The van der Waals surface area contributed by atoms with Gasteiger partial charge < -0.3 is 14.2 Å². The Kier molecular flexibility index (Phi) is 4.83. The van der Waals surface area contributed by atoms with E-state index < -0.39 is 23.8 Å². The standard InChI is InChI=1S/C16H22O5/c1-4-13(17)20-15-16(21-15,10-19-14(18)11(2)3)12-8-6-5-7-9-12/h4,12,15H,1-2,5-10H2,3H3. The summed E-state index contributed by atoms with van der Waals surface area (Å²) in [5, 5.41) is 0. The third kappa shape index (κ3) is 3.53. The van der Waals surface area contributed by atoms with Gasteiger partial charge in [-0.25, -0.2) is 9.59 Å². The first-order valence-corrected chi connectivity index (χ1v) is 7.33. The molecule has 2 unspecified atom stereocenters. The van der Waals surface area contributed by atoms with Gasteiger partial charge >= 0.3 is 11.9 Å². The molecule has 2 atom stereocenters. The molecule has 0 aromatic carbocycles. The fourth-order valence-corrected chi connectivity index (χ4v) is 2.84. The number of carbonyl (C=O) groups excluding carboxylic acids is 2. The third-order valence-corrected chi connectivity index (χ3v) is 4.13. The smallest absolute Gasteiger partial charge is 0.333 e. The first-order valence-electron chi connectivity index (χ1n) is 7.33. The SMILES string of the molecule is C=CC(=O)OC1OC1(COC(=O)C(=C)C)C1CCCCC1. The van der Waals surface area contributed by atoms with Crippen LogP contribution in [0.15, 0.2) is 24.8 Å². The van der Waals surface area contributed by atoms with Gasteiger partial charge in [0.1, 0.15) is 6.61 Å². The van der Waals surface area contributed by atoms with Crippen molar-refractivity contribution in [3.63, 3.8) is 0 Å². The van der Waals surface area contributed by atoms with E-state index in [2.05, 4.69) is 13.2 Å². The molecule has 0 N–H and O–H groups in total. The van der Waals surface area contributed by atoms with Gasteiger partial charge in [0.2, 0.25) is 6.29 Å². The average molecular weight is 294 g/mol. The van der Waals surface area contributed by atoms with Gasteiger partial charge in [0.25, 0.3) is 0 Å². The molecule has 2 fully saturated rings. The van der Waals surface area contributed by atoms with Gasteiger partial charge in [-0.3, -0.25) is 0 Å². The van der Waals surface area contributed by atoms with Crippen molar-refractivity contribution in [2.24, 2.45) is 5.92 Å². The van der Waals surface area contributed by atoms with Gasteiger partial charge in [-0.15, -0.1) is 0 Å². The zero-order valence-corrected chi connectivity index (χ0v) is 12.4. The monoisotopic (exact) mass is 294 g/mol. The zero-order valence-electron chi connectivity index (χ0n) is 12.4. The quantitative estimate of drug-likeness (QED) is 0.428. The predicted molar refractivity (Wildman–Crippen MR) is 76.2 cm³/mol. The van der Waals surface area contributed by atoms with Crippen molar-refractivity contribution in [3.8, 4) is 0 Å². The Hall–Kier alpha value is -1.62. The molecule has 0 aromatic rings. The summed E-state index contributed by atoms with van der Waals surface area (Å²) >= 11 is 0. The van der Waals surface area contributed by atoms with Gasteiger partial charge in [-0.05, 0) is 25.7 Å². The molecular formula is C16H22O5. The van der Waals surface area contributed by atoms with E-state index in [0.29, 0.717) is 5.57 Å². The molecule has 1 saturated carbocycles. The molecular weight excluding hydrogens is 272 g/mol. The number of ether oxygens (including phenoxy) is 3. The maximum Gasteiger partial charge on any atom is 0.333 e. The number of carbonyl (C=O) groups is 2. The molecule has 1 saturated heterocycles. The fraction of sp³-hybridized carbons (Fsp3) is 0.625. The molecule has 0 aromatic heterocycles. The second kappa shape index (κ2) is 6.43. The third-order valence-electron chi connectivity index (χ3n) is 4.13. The van der Waals surface area contributed by atoms with Crippen LogP contribution in [0.2, 0.25) is 0 Å². The molecule has 21 heavy (non-hydrogen) atoms. The van der Waals surface area contributed by atoms with Crippen molar-refractivity contribution in [1.82, 2.24) is 0 Å². The molecule has 0 spiro atoms. The van der Waals surface area contributed by atoms with Crippen LogP contribution >= 0.6 is 0 Å². The Morgan fingerprint density at radius 3 is 2.57 bits per heavy atom. The number of hydrogen-bond acceptors (Lipinski definition) is 5. The summed E-state index contributed by atoms with van der Waals surface area (Å²) in [6.45, 7) is 8.62. The number of esters is 2. The number of epoxide rings is 1. The van der Waals surface area contributed by atoms with Crippen LogP contribution in [0.1, 0.15) is 39.0 Å². The lowest BCUT2D eigenvalue weighted by molar-refractivity contribution is -0.143. The van der Waals surface area contributed by atoms with Gasteiger partial charge in [0, 0.05) is 11.6 Å². The highest BCUT2D eigenvalue weighted by Gasteiger charge is 2.65. The lowest BCUT2D eigenvalue weighted by Gasteiger charge is -2.27. The first kappa shape index (κ1) is 15.8. The average Bonchev–Trinajstić information content (AvgIpc) is 3.19. The van der Waals surface area contributed by atoms with E-state index in [1.807, 2.05) is 0 Å². The normalized spacial score (nSPS) is 28.5. The summed E-state index contributed by atoms with van der Waals surface area (Å²) < 4.78 is 16.1. The topological polar surface area (TPSA) is 65.1 Å². The number of rotatable bonds is 6. The molecule has 0 bridgehead atoms. The lowest BCUT2D eigenvalue weighted by Crippen LogP contribution is -2.36. The molecule has 5 nitrogen and oxygen atoms in total. The highest BCUT2D eigenvalue weighted by molar-refractivity contribution is 5.87. The van der Waals surface area contributed by atoms with Crippen molar-refractivity contribution >= 4 is 11.9 Å². The Bertz CT molecular complexity index is 450. The lowest BCUT2D eigenvalue weighted by atomic mass is 9.80. The maximum atomic E-state index is 11.6. The van der Waals surface area contributed by atoms with Crippen molar-refractivity contribution in [2.45, 2.75) is 50.9 Å². The van der Waals surface area contributed by atoms with E-state index >= 15 is 0 Å². The van der Waals surface area contributed by atoms with E-state index in [-0.39, 0.29) is 12.5 Å². The van der Waals surface area contributed by atoms with Crippen LogP contribution in [0.5, 0.6) is 0 Å². The van der Waals surface area contributed by atoms with E-state index in [4.69, 9.17) is 14.2 Å². The molecule has 1 aliphatic carbocycles. The zero-order chi connectivity index (χ0) is 15.5. The second-order valence-electron chi connectivity index (χ2n) is 5.74. The van der Waals surface area contributed by atoms with Gasteiger partial charge in [0.15, 0.2) is 5.60 Å². The Morgan fingerprint density at radius 2 is 2.00 bits per heavy atom. The summed E-state index contributed by atoms with van der Waals surface area (Å²) in [6.07, 6.45) is 5.88. The van der Waals surface area contributed by atoms with Crippen LogP contribution in [0.4, 0.5) is 0 Å². The highest BCUT2D eigenvalue weighted by atomic mass is 16.8. The first-order chi connectivity index (χ1) is 9.99. The van der Waals surface area contributed by atoms with Crippen LogP contribution in [-0.4, -0.2) is 30.4 Å². The van der Waals surface area contributed by atoms with Gasteiger partial charge in [-0.1, -0.05) is 32.4 Å². The van der Waals surface area contributed by atoms with Crippen LogP contribution in [0, 0.1) is 5.92 Å². The minimum absolute atomic E-state index is 0.0957. The predicted octanol–water partition coefficient (Wildman–Crippen LogP) is 2.51. The minimum atomic E-state index is -0.690. The van der Waals surface area contributed by atoms with Crippen LogP contribution < -0.4 is 0 Å². The van der Waals surface area contributed by atoms with Crippen molar-refractivity contribution in [1.29, 1.82) is 0 Å². The molecule has 116 valence electrons. The fourth-order valence-electron chi connectivity index (χ4n) is 2.84. The molecule has 2 rings (SSSR count). The van der Waals surface area contributed by atoms with E-state index in [0.717, 1.165) is 31.8 Å². The van der Waals surface area contributed by atoms with Gasteiger partial charge in [0.05, 0.1) is 0 Å². The molecule has 1 aliphatic heterocycles. The largest absolute Gasteiger partial charge is 0.459 e. The Morgan fingerprint density at radius 1 is 1.33 bits per heavy atom. The molecule has 5 heteroatoms. The molecule has 1 heterocycles. The van der Waals surface area contributed by atoms with E-state index in [9.17, 15) is 9.59 Å².